The molecule has 0 saturated heterocycles. The highest BCUT2D eigenvalue weighted by molar-refractivity contribution is 6.31. The van der Waals surface area contributed by atoms with Gasteiger partial charge in [-0.05, 0) is 36.8 Å². The lowest BCUT2D eigenvalue weighted by atomic mass is 10.1. The van der Waals surface area contributed by atoms with Crippen LogP contribution in [0, 0.1) is 5.82 Å². The second kappa shape index (κ2) is 7.35. The molecule has 0 atom stereocenters. The molecule has 1 aromatic heterocycles. The van der Waals surface area contributed by atoms with Gasteiger partial charge in [0.15, 0.2) is 11.6 Å². The number of phenols is 1. The Kier molecular flexibility index (Phi) is 5.25. The number of halogens is 5. The number of phenolic OH excluding ortho intramolecular Hbond substituents is 1. The maximum atomic E-state index is 13.9. The number of hydrogen-bond donors (Lipinski definition) is 1. The SMILES string of the molecule is CCOC(=O)c1cc2cc(O)c(F)cc2n1Cc1ccc(Cl)c(C(F)(F)F)c1. The Morgan fingerprint density at radius 1 is 1.21 bits per heavy atom. The van der Waals surface area contributed by atoms with Gasteiger partial charge in [-0.3, -0.25) is 0 Å². The van der Waals surface area contributed by atoms with E-state index in [1.165, 1.54) is 16.7 Å². The lowest BCUT2D eigenvalue weighted by Crippen LogP contribution is -2.13. The van der Waals surface area contributed by atoms with Gasteiger partial charge in [0.25, 0.3) is 0 Å². The molecule has 0 spiro atoms. The zero-order valence-corrected chi connectivity index (χ0v) is 15.2. The Balaban J connectivity index is 2.15. The van der Waals surface area contributed by atoms with E-state index in [1.54, 1.807) is 6.92 Å². The third-order valence-corrected chi connectivity index (χ3v) is 4.46. The van der Waals surface area contributed by atoms with Crippen molar-refractivity contribution in [3.05, 3.63) is 64.1 Å². The van der Waals surface area contributed by atoms with E-state index in [2.05, 4.69) is 0 Å². The minimum atomic E-state index is -4.65. The van der Waals surface area contributed by atoms with Gasteiger partial charge in [0.05, 0.1) is 22.7 Å². The summed E-state index contributed by atoms with van der Waals surface area (Å²) in [5.74, 6) is -2.25. The quantitative estimate of drug-likeness (QED) is 0.459. The molecule has 148 valence electrons. The number of fused-ring (bicyclic) bond motifs is 1. The summed E-state index contributed by atoms with van der Waals surface area (Å²) in [4.78, 5) is 12.3. The molecule has 3 rings (SSSR count). The van der Waals surface area contributed by atoms with Gasteiger partial charge in [0.2, 0.25) is 0 Å². The molecular weight excluding hydrogens is 402 g/mol. The van der Waals surface area contributed by atoms with E-state index in [0.29, 0.717) is 5.39 Å². The molecule has 28 heavy (non-hydrogen) atoms. The first-order chi connectivity index (χ1) is 13.1. The second-order valence-electron chi connectivity index (χ2n) is 6.01. The summed E-state index contributed by atoms with van der Waals surface area (Å²) in [5, 5.41) is 9.46. The third kappa shape index (κ3) is 3.77. The molecule has 1 N–H and O–H groups in total. The summed E-state index contributed by atoms with van der Waals surface area (Å²) in [6.45, 7) is 1.52. The molecule has 4 nitrogen and oxygen atoms in total. The summed E-state index contributed by atoms with van der Waals surface area (Å²) >= 11 is 5.64. The number of esters is 1. The summed E-state index contributed by atoms with van der Waals surface area (Å²) < 4.78 is 59.5. The fourth-order valence-corrected chi connectivity index (χ4v) is 3.11. The third-order valence-electron chi connectivity index (χ3n) is 4.13. The van der Waals surface area contributed by atoms with Crippen LogP contribution in [0.5, 0.6) is 5.75 Å². The second-order valence-corrected chi connectivity index (χ2v) is 6.42. The standard InChI is InChI=1S/C19H14ClF4NO3/c1-2-28-18(27)16-6-11-7-17(26)14(21)8-15(11)25(16)9-10-3-4-13(20)12(5-10)19(22,23)24/h3-8,26H,2,9H2,1H3. The fraction of sp³-hybridized carbons (Fsp3) is 0.211. The zero-order chi connectivity index (χ0) is 20.6. The van der Waals surface area contributed by atoms with E-state index >= 15 is 0 Å². The Morgan fingerprint density at radius 3 is 2.57 bits per heavy atom. The predicted molar refractivity (Wildman–Crippen MR) is 95.1 cm³/mol. The lowest BCUT2D eigenvalue weighted by Gasteiger charge is -2.14. The molecule has 1 heterocycles. The molecule has 0 aliphatic rings. The van der Waals surface area contributed by atoms with Crippen molar-refractivity contribution in [2.45, 2.75) is 19.6 Å². The summed E-state index contributed by atoms with van der Waals surface area (Å²) in [5.41, 5.74) is -0.565. The largest absolute Gasteiger partial charge is 0.505 e. The van der Waals surface area contributed by atoms with Crippen LogP contribution in [0.25, 0.3) is 10.9 Å². The van der Waals surface area contributed by atoms with Crippen LogP contribution in [0.2, 0.25) is 5.02 Å². The summed E-state index contributed by atoms with van der Waals surface area (Å²) in [7, 11) is 0. The normalized spacial score (nSPS) is 11.8. The van der Waals surface area contributed by atoms with Crippen LogP contribution < -0.4 is 0 Å². The van der Waals surface area contributed by atoms with E-state index in [-0.39, 0.29) is 29.9 Å². The highest BCUT2D eigenvalue weighted by Crippen LogP contribution is 2.36. The Labute approximate surface area is 161 Å². The molecule has 2 aromatic carbocycles. The molecule has 0 aliphatic carbocycles. The number of aromatic hydroxyl groups is 1. The predicted octanol–water partition coefficient (Wildman–Crippen LogP) is 5.38. The van der Waals surface area contributed by atoms with Crippen LogP contribution in [0.15, 0.2) is 36.4 Å². The van der Waals surface area contributed by atoms with Gasteiger partial charge in [-0.15, -0.1) is 0 Å². The molecule has 3 aromatic rings. The Morgan fingerprint density at radius 2 is 1.93 bits per heavy atom. The van der Waals surface area contributed by atoms with E-state index in [4.69, 9.17) is 16.3 Å². The summed E-state index contributed by atoms with van der Waals surface area (Å²) in [6, 6.07) is 6.89. The van der Waals surface area contributed by atoms with Gasteiger partial charge in [0.1, 0.15) is 5.69 Å². The van der Waals surface area contributed by atoms with Crippen LogP contribution >= 0.6 is 11.6 Å². The Bertz CT molecular complexity index is 1060. The first kappa shape index (κ1) is 20.0. The van der Waals surface area contributed by atoms with E-state index in [1.807, 2.05) is 0 Å². The van der Waals surface area contributed by atoms with Crippen molar-refractivity contribution in [3.63, 3.8) is 0 Å². The van der Waals surface area contributed by atoms with Crippen LogP contribution in [0.1, 0.15) is 28.5 Å². The van der Waals surface area contributed by atoms with Gasteiger partial charge in [0, 0.05) is 18.0 Å². The molecule has 0 amide bonds. The van der Waals surface area contributed by atoms with Crippen LogP contribution in [-0.4, -0.2) is 22.2 Å². The van der Waals surface area contributed by atoms with Crippen molar-refractivity contribution >= 4 is 28.5 Å². The number of nitrogens with zero attached hydrogens (tertiary/aromatic N) is 1. The van der Waals surface area contributed by atoms with Gasteiger partial charge < -0.3 is 14.4 Å². The van der Waals surface area contributed by atoms with Crippen molar-refractivity contribution in [2.24, 2.45) is 0 Å². The molecule has 0 fully saturated rings. The average Bonchev–Trinajstić information content (AvgIpc) is 2.94. The number of carbonyl (C=O) groups is 1. The molecule has 9 heteroatoms. The number of aromatic nitrogens is 1. The number of ether oxygens (including phenoxy) is 1. The molecule has 0 bridgehead atoms. The molecule has 0 aliphatic heterocycles. The maximum Gasteiger partial charge on any atom is 0.417 e. The highest BCUT2D eigenvalue weighted by Gasteiger charge is 2.33. The average molecular weight is 416 g/mol. The van der Waals surface area contributed by atoms with Crippen molar-refractivity contribution in [3.8, 4) is 5.75 Å². The molecule has 0 saturated carbocycles. The van der Waals surface area contributed by atoms with E-state index < -0.39 is 34.3 Å². The van der Waals surface area contributed by atoms with Crippen LogP contribution in [0.4, 0.5) is 17.6 Å². The van der Waals surface area contributed by atoms with E-state index in [9.17, 15) is 27.5 Å². The number of rotatable bonds is 4. The number of hydrogen-bond acceptors (Lipinski definition) is 3. The van der Waals surface area contributed by atoms with Crippen molar-refractivity contribution in [1.29, 1.82) is 0 Å². The highest BCUT2D eigenvalue weighted by atomic mass is 35.5. The van der Waals surface area contributed by atoms with Gasteiger partial charge in [-0.2, -0.15) is 13.2 Å². The Hall–Kier alpha value is -2.74. The minimum absolute atomic E-state index is 0.0189. The number of benzene rings is 2. The first-order valence-electron chi connectivity index (χ1n) is 8.16. The molecule has 0 radical (unpaired) electrons. The fourth-order valence-electron chi connectivity index (χ4n) is 2.89. The minimum Gasteiger partial charge on any atom is -0.505 e. The first-order valence-corrected chi connectivity index (χ1v) is 8.54. The number of carbonyl (C=O) groups excluding carboxylic acids is 1. The smallest absolute Gasteiger partial charge is 0.417 e. The molecular formula is C19H14ClF4NO3. The maximum absolute atomic E-state index is 13.9. The van der Waals surface area contributed by atoms with Crippen molar-refractivity contribution in [1.82, 2.24) is 4.57 Å². The van der Waals surface area contributed by atoms with E-state index in [0.717, 1.165) is 24.3 Å². The monoisotopic (exact) mass is 415 g/mol. The number of alkyl halides is 3. The topological polar surface area (TPSA) is 51.5 Å². The van der Waals surface area contributed by atoms with Crippen molar-refractivity contribution in [2.75, 3.05) is 6.61 Å². The zero-order valence-electron chi connectivity index (χ0n) is 14.5. The van der Waals surface area contributed by atoms with Crippen LogP contribution in [0.3, 0.4) is 0 Å². The lowest BCUT2D eigenvalue weighted by molar-refractivity contribution is -0.137. The van der Waals surface area contributed by atoms with Gasteiger partial charge in [-0.25, -0.2) is 9.18 Å². The van der Waals surface area contributed by atoms with Crippen molar-refractivity contribution < 1.29 is 32.2 Å². The van der Waals surface area contributed by atoms with Crippen LogP contribution in [-0.2, 0) is 17.5 Å². The molecule has 0 unspecified atom stereocenters. The van der Waals surface area contributed by atoms with Gasteiger partial charge >= 0.3 is 12.1 Å². The summed E-state index contributed by atoms with van der Waals surface area (Å²) in [6.07, 6.45) is -4.65. The van der Waals surface area contributed by atoms with Gasteiger partial charge in [-0.1, -0.05) is 17.7 Å².